The molecule has 128 valence electrons. The van der Waals surface area contributed by atoms with Crippen molar-refractivity contribution in [3.05, 3.63) is 42.5 Å². The van der Waals surface area contributed by atoms with Crippen LogP contribution >= 0.6 is 0 Å². The van der Waals surface area contributed by atoms with E-state index in [9.17, 15) is 13.2 Å². The topological polar surface area (TPSA) is 97.2 Å². The Bertz CT molecular complexity index is 802. The first-order valence-corrected chi connectivity index (χ1v) is 9.42. The third kappa shape index (κ3) is 3.73. The zero-order valence-corrected chi connectivity index (χ0v) is 14.1. The van der Waals surface area contributed by atoms with E-state index in [1.165, 1.54) is 11.2 Å². The Morgan fingerprint density at radius 2 is 2.12 bits per heavy atom. The summed E-state index contributed by atoms with van der Waals surface area (Å²) in [6.45, 7) is 0.375. The SMILES string of the molecule is CN(C(=O)NCc1ccc(-n2cncn2)cc1)[C@@H]1CCS(=O)(=O)C1. The number of nitrogens with one attached hydrogen (secondary N) is 1. The van der Waals surface area contributed by atoms with Crippen LogP contribution in [-0.2, 0) is 16.4 Å². The van der Waals surface area contributed by atoms with Gasteiger partial charge in [-0.15, -0.1) is 0 Å². The van der Waals surface area contributed by atoms with Crippen molar-refractivity contribution in [3.63, 3.8) is 0 Å². The zero-order chi connectivity index (χ0) is 17.2. The quantitative estimate of drug-likeness (QED) is 0.871. The van der Waals surface area contributed by atoms with Gasteiger partial charge < -0.3 is 10.2 Å². The molecule has 0 radical (unpaired) electrons. The molecule has 2 aromatic rings. The van der Waals surface area contributed by atoms with E-state index >= 15 is 0 Å². The molecule has 1 aromatic carbocycles. The number of carbonyl (C=O) groups is 1. The average Bonchev–Trinajstić information content (AvgIpc) is 3.22. The van der Waals surface area contributed by atoms with Crippen molar-refractivity contribution >= 4 is 15.9 Å². The molecule has 1 N–H and O–H groups in total. The number of hydrogen-bond acceptors (Lipinski definition) is 5. The van der Waals surface area contributed by atoms with E-state index in [1.807, 2.05) is 24.3 Å². The first-order chi connectivity index (χ1) is 11.4. The van der Waals surface area contributed by atoms with Crippen LogP contribution in [0, 0.1) is 0 Å². The van der Waals surface area contributed by atoms with Crippen molar-refractivity contribution in [1.82, 2.24) is 25.0 Å². The van der Waals surface area contributed by atoms with Gasteiger partial charge in [-0.2, -0.15) is 5.10 Å². The molecule has 1 fully saturated rings. The number of carbonyl (C=O) groups excluding carboxylic acids is 1. The number of aromatic nitrogens is 3. The fraction of sp³-hybridized carbons (Fsp3) is 0.400. The molecule has 2 amide bonds. The molecule has 3 rings (SSSR count). The predicted octanol–water partition coefficient (Wildman–Crippen LogP) is 0.596. The van der Waals surface area contributed by atoms with Gasteiger partial charge in [0.05, 0.1) is 17.2 Å². The molecule has 0 aliphatic carbocycles. The Labute approximate surface area is 140 Å². The molecule has 1 aromatic heterocycles. The normalized spacial score (nSPS) is 19.1. The Kier molecular flexibility index (Phi) is 4.52. The lowest BCUT2D eigenvalue weighted by Crippen LogP contribution is -2.43. The lowest BCUT2D eigenvalue weighted by atomic mass is 10.2. The number of benzene rings is 1. The minimum absolute atomic E-state index is 0.0452. The molecule has 0 spiro atoms. The van der Waals surface area contributed by atoms with E-state index in [-0.39, 0.29) is 23.6 Å². The largest absolute Gasteiger partial charge is 0.334 e. The van der Waals surface area contributed by atoms with E-state index in [1.54, 1.807) is 18.1 Å². The van der Waals surface area contributed by atoms with Crippen LogP contribution in [-0.4, -0.2) is 58.7 Å². The molecule has 1 aliphatic heterocycles. The summed E-state index contributed by atoms with van der Waals surface area (Å²) in [6.07, 6.45) is 3.58. The van der Waals surface area contributed by atoms with Crippen molar-refractivity contribution in [3.8, 4) is 5.69 Å². The van der Waals surface area contributed by atoms with Gasteiger partial charge in [0, 0.05) is 19.6 Å². The minimum Gasteiger partial charge on any atom is -0.334 e. The number of nitrogens with zero attached hydrogens (tertiary/aromatic N) is 4. The van der Waals surface area contributed by atoms with Crippen molar-refractivity contribution in [2.24, 2.45) is 0 Å². The maximum Gasteiger partial charge on any atom is 0.317 e. The Balaban J connectivity index is 1.54. The van der Waals surface area contributed by atoms with E-state index in [2.05, 4.69) is 15.4 Å². The second-order valence-electron chi connectivity index (χ2n) is 5.83. The summed E-state index contributed by atoms with van der Waals surface area (Å²) >= 11 is 0. The standard InChI is InChI=1S/C15H19N5O3S/c1-19(14-6-7-24(22,23)9-14)15(21)17-8-12-2-4-13(5-3-12)20-11-16-10-18-20/h2-5,10-11,14H,6-9H2,1H3,(H,17,21)/t14-/m1/s1. The second-order valence-corrected chi connectivity index (χ2v) is 8.06. The summed E-state index contributed by atoms with van der Waals surface area (Å²) in [4.78, 5) is 17.5. The highest BCUT2D eigenvalue weighted by Gasteiger charge is 2.32. The lowest BCUT2D eigenvalue weighted by Gasteiger charge is -2.23. The molecule has 2 heterocycles. The smallest absolute Gasteiger partial charge is 0.317 e. The van der Waals surface area contributed by atoms with Gasteiger partial charge in [0.1, 0.15) is 12.7 Å². The Hall–Kier alpha value is -2.42. The van der Waals surface area contributed by atoms with Crippen LogP contribution in [0.25, 0.3) is 5.69 Å². The highest BCUT2D eigenvalue weighted by Crippen LogP contribution is 2.16. The van der Waals surface area contributed by atoms with Crippen LogP contribution in [0.5, 0.6) is 0 Å². The first-order valence-electron chi connectivity index (χ1n) is 7.60. The van der Waals surface area contributed by atoms with Crippen molar-refractivity contribution in [2.75, 3.05) is 18.6 Å². The number of urea groups is 1. The highest BCUT2D eigenvalue weighted by molar-refractivity contribution is 7.91. The van der Waals surface area contributed by atoms with Gasteiger partial charge in [-0.05, 0) is 24.1 Å². The first kappa shape index (κ1) is 16.4. The fourth-order valence-corrected chi connectivity index (χ4v) is 4.43. The van der Waals surface area contributed by atoms with Crippen molar-refractivity contribution in [2.45, 2.75) is 19.0 Å². The van der Waals surface area contributed by atoms with Gasteiger partial charge in [-0.25, -0.2) is 22.9 Å². The summed E-state index contributed by atoms with van der Waals surface area (Å²) < 4.78 is 24.7. The molecule has 24 heavy (non-hydrogen) atoms. The summed E-state index contributed by atoms with van der Waals surface area (Å²) in [5.41, 5.74) is 1.83. The number of sulfone groups is 1. The van der Waals surface area contributed by atoms with E-state index in [0.717, 1.165) is 11.3 Å². The average molecular weight is 349 g/mol. The maximum absolute atomic E-state index is 12.2. The monoisotopic (exact) mass is 349 g/mol. The van der Waals surface area contributed by atoms with Gasteiger partial charge in [0.2, 0.25) is 0 Å². The van der Waals surface area contributed by atoms with Crippen molar-refractivity contribution in [1.29, 1.82) is 0 Å². The molecule has 0 unspecified atom stereocenters. The van der Waals surface area contributed by atoms with Crippen LogP contribution in [0.3, 0.4) is 0 Å². The molecule has 1 atom stereocenters. The second kappa shape index (κ2) is 6.60. The summed E-state index contributed by atoms with van der Waals surface area (Å²) in [6, 6.07) is 7.07. The third-order valence-electron chi connectivity index (χ3n) is 4.14. The lowest BCUT2D eigenvalue weighted by molar-refractivity contribution is 0.194. The van der Waals surface area contributed by atoms with E-state index in [4.69, 9.17) is 0 Å². The van der Waals surface area contributed by atoms with Crippen LogP contribution in [0.2, 0.25) is 0 Å². The van der Waals surface area contributed by atoms with Gasteiger partial charge in [-0.3, -0.25) is 0 Å². The molecular formula is C15H19N5O3S. The summed E-state index contributed by atoms with van der Waals surface area (Å²) in [5.74, 6) is 0.197. The number of hydrogen-bond donors (Lipinski definition) is 1. The zero-order valence-electron chi connectivity index (χ0n) is 13.3. The van der Waals surface area contributed by atoms with Crippen LogP contribution in [0.15, 0.2) is 36.9 Å². The molecule has 0 bridgehead atoms. The fourth-order valence-electron chi connectivity index (χ4n) is 2.66. The molecule has 9 heteroatoms. The minimum atomic E-state index is -3.00. The summed E-state index contributed by atoms with van der Waals surface area (Å²) in [7, 11) is -1.37. The molecule has 0 saturated carbocycles. The van der Waals surface area contributed by atoms with E-state index < -0.39 is 9.84 Å². The number of amides is 2. The van der Waals surface area contributed by atoms with Crippen molar-refractivity contribution < 1.29 is 13.2 Å². The summed E-state index contributed by atoms with van der Waals surface area (Å²) in [5, 5.41) is 6.86. The molecular weight excluding hydrogens is 330 g/mol. The highest BCUT2D eigenvalue weighted by atomic mass is 32.2. The van der Waals surface area contributed by atoms with Gasteiger partial charge in [0.25, 0.3) is 0 Å². The third-order valence-corrected chi connectivity index (χ3v) is 5.89. The molecule has 8 nitrogen and oxygen atoms in total. The van der Waals surface area contributed by atoms with E-state index in [0.29, 0.717) is 13.0 Å². The maximum atomic E-state index is 12.2. The van der Waals surface area contributed by atoms with Crippen LogP contribution < -0.4 is 5.32 Å². The number of rotatable bonds is 4. The van der Waals surface area contributed by atoms with Crippen LogP contribution in [0.1, 0.15) is 12.0 Å². The van der Waals surface area contributed by atoms with Gasteiger partial charge >= 0.3 is 6.03 Å². The van der Waals surface area contributed by atoms with Crippen LogP contribution in [0.4, 0.5) is 4.79 Å². The Morgan fingerprint density at radius 1 is 1.38 bits per heavy atom. The predicted molar refractivity (Wildman–Crippen MR) is 88.4 cm³/mol. The Morgan fingerprint density at radius 3 is 2.71 bits per heavy atom. The molecule has 1 saturated heterocycles. The van der Waals surface area contributed by atoms with Gasteiger partial charge in [-0.1, -0.05) is 12.1 Å². The van der Waals surface area contributed by atoms with Gasteiger partial charge in [0.15, 0.2) is 9.84 Å². The molecule has 1 aliphatic rings.